The van der Waals surface area contributed by atoms with E-state index in [0.29, 0.717) is 5.32 Å². The Morgan fingerprint density at radius 1 is 1.29 bits per heavy atom. The molecular formula is C3H4ClI3. The van der Waals surface area contributed by atoms with Crippen molar-refractivity contribution in [3.8, 4) is 0 Å². The summed E-state index contributed by atoms with van der Waals surface area (Å²) in [5.41, 5.74) is 0. The van der Waals surface area contributed by atoms with Crippen LogP contribution < -0.4 is 0 Å². The molecular weight excluding hydrogens is 452 g/mol. The lowest BCUT2D eigenvalue weighted by molar-refractivity contribution is 1.09. The number of rotatable bonds is 2. The lowest BCUT2D eigenvalue weighted by atomic mass is 10.6. The molecule has 0 aromatic heterocycles. The van der Waals surface area contributed by atoms with E-state index in [1.165, 1.54) is 0 Å². The van der Waals surface area contributed by atoms with Gasteiger partial charge in [-0.15, -0.1) is 11.6 Å². The van der Waals surface area contributed by atoms with Gasteiger partial charge in [-0.2, -0.15) is 0 Å². The quantitative estimate of drug-likeness (QED) is 0.441. The summed E-state index contributed by atoms with van der Waals surface area (Å²) in [5, 5.41) is 0. The minimum absolute atomic E-state index is 0.302. The number of hydrogen-bond acceptors (Lipinski definition) is 0. The zero-order valence-corrected chi connectivity index (χ0v) is 10.6. The number of halogens is 4. The van der Waals surface area contributed by atoms with Gasteiger partial charge in [0.1, 0.15) is 0 Å². The molecule has 0 aromatic carbocycles. The van der Waals surface area contributed by atoms with Crippen molar-refractivity contribution in [1.82, 2.24) is 0 Å². The number of alkyl halides is 4. The summed E-state index contributed by atoms with van der Waals surface area (Å²) in [6.45, 7) is 0. The zero-order valence-electron chi connectivity index (χ0n) is 3.37. The van der Waals surface area contributed by atoms with Gasteiger partial charge in [-0.05, 0) is 6.42 Å². The van der Waals surface area contributed by atoms with Crippen LogP contribution in [0.4, 0.5) is 0 Å². The molecule has 0 N–H and O–H groups in total. The second-order valence-electron chi connectivity index (χ2n) is 1.02. The average molecular weight is 456 g/mol. The molecule has 4 heteroatoms. The third-order valence-corrected chi connectivity index (χ3v) is 2.06. The van der Waals surface area contributed by atoms with Crippen LogP contribution >= 0.6 is 79.4 Å². The van der Waals surface area contributed by atoms with E-state index in [-0.39, 0.29) is 0 Å². The summed E-state index contributed by atoms with van der Waals surface area (Å²) in [7, 11) is 0. The molecule has 1 unspecified atom stereocenters. The fourth-order valence-corrected chi connectivity index (χ4v) is 4.39. The van der Waals surface area contributed by atoms with Crippen molar-refractivity contribution in [2.45, 2.75) is 11.7 Å². The fraction of sp³-hybridized carbons (Fsp3) is 1.00. The van der Waals surface area contributed by atoms with Gasteiger partial charge in [-0.3, -0.25) is 0 Å². The highest BCUT2D eigenvalue weighted by atomic mass is 127. The van der Waals surface area contributed by atoms with E-state index < -0.39 is 0 Å². The van der Waals surface area contributed by atoms with Crippen molar-refractivity contribution < 1.29 is 0 Å². The molecule has 0 bridgehead atoms. The summed E-state index contributed by atoms with van der Waals surface area (Å²) in [6.07, 6.45) is 1.09. The minimum atomic E-state index is 0.302. The van der Waals surface area contributed by atoms with Crippen LogP contribution in [0.25, 0.3) is 0 Å². The van der Waals surface area contributed by atoms with Gasteiger partial charge in [-0.1, -0.05) is 67.8 Å². The maximum Gasteiger partial charge on any atom is 0.0868 e. The monoisotopic (exact) mass is 456 g/mol. The highest BCUT2D eigenvalue weighted by Crippen LogP contribution is 2.22. The van der Waals surface area contributed by atoms with Crippen molar-refractivity contribution in [3.63, 3.8) is 0 Å². The molecule has 0 saturated carbocycles. The molecule has 0 rings (SSSR count). The van der Waals surface area contributed by atoms with Crippen molar-refractivity contribution >= 4 is 79.4 Å². The van der Waals surface area contributed by atoms with Gasteiger partial charge >= 0.3 is 0 Å². The maximum absolute atomic E-state index is 5.65. The predicted molar refractivity (Wildman–Crippen MR) is 60.1 cm³/mol. The molecule has 0 aromatic rings. The van der Waals surface area contributed by atoms with Crippen molar-refractivity contribution in [2.75, 3.05) is 0 Å². The van der Waals surface area contributed by atoms with Crippen LogP contribution in [0, 0.1) is 0 Å². The van der Waals surface area contributed by atoms with E-state index in [9.17, 15) is 0 Å². The van der Waals surface area contributed by atoms with Crippen LogP contribution in [0.1, 0.15) is 6.42 Å². The van der Waals surface area contributed by atoms with Crippen molar-refractivity contribution in [2.24, 2.45) is 0 Å². The van der Waals surface area contributed by atoms with Gasteiger partial charge in [0, 0.05) is 0 Å². The molecule has 0 spiro atoms. The lowest BCUT2D eigenvalue weighted by Gasteiger charge is -1.98. The van der Waals surface area contributed by atoms with Crippen molar-refractivity contribution in [1.29, 1.82) is 0 Å². The first-order chi connectivity index (χ1) is 3.13. The largest absolute Gasteiger partial charge is 0.111 e. The number of hydrogen-bond donors (Lipinski definition) is 0. The molecule has 0 radical (unpaired) electrons. The predicted octanol–water partition coefficient (Wildman–Crippen LogP) is 3.57. The normalized spacial score (nSPS) is 15.0. The van der Waals surface area contributed by atoms with Crippen LogP contribution in [-0.4, -0.2) is 5.32 Å². The van der Waals surface area contributed by atoms with Crippen LogP contribution in [0.2, 0.25) is 0 Å². The van der Waals surface area contributed by atoms with Crippen LogP contribution in [-0.2, 0) is 0 Å². The maximum atomic E-state index is 5.65. The molecule has 0 aliphatic rings. The van der Waals surface area contributed by atoms with Gasteiger partial charge < -0.3 is 0 Å². The lowest BCUT2D eigenvalue weighted by Crippen LogP contribution is -1.91. The Bertz CT molecular complexity index is 39.4. The summed E-state index contributed by atoms with van der Waals surface area (Å²) in [5.74, 6) is 0. The standard InChI is InChI=1S/C3H4ClI3/c4-2(5)1-3(6)7/h2-3H,1H2. The Kier molecular flexibility index (Phi) is 7.15. The van der Waals surface area contributed by atoms with Crippen LogP contribution in [0.3, 0.4) is 0 Å². The molecule has 0 fully saturated rings. The Labute approximate surface area is 89.6 Å². The van der Waals surface area contributed by atoms with Gasteiger partial charge in [0.2, 0.25) is 0 Å². The Morgan fingerprint density at radius 3 is 1.71 bits per heavy atom. The summed E-state index contributed by atoms with van der Waals surface area (Å²) in [4.78, 5) is 0. The second kappa shape index (κ2) is 5.28. The molecule has 1 atom stereocenters. The molecule has 0 aliphatic heterocycles. The van der Waals surface area contributed by atoms with E-state index in [2.05, 4.69) is 67.8 Å². The van der Waals surface area contributed by atoms with E-state index in [1.807, 2.05) is 0 Å². The highest BCUT2D eigenvalue weighted by molar-refractivity contribution is 14.2. The average Bonchev–Trinajstić information content (AvgIpc) is 1.27. The molecule has 0 heterocycles. The van der Waals surface area contributed by atoms with Gasteiger partial charge in [0.15, 0.2) is 0 Å². The zero-order chi connectivity index (χ0) is 5.86. The van der Waals surface area contributed by atoms with Gasteiger partial charge in [-0.25, -0.2) is 0 Å². The van der Waals surface area contributed by atoms with Crippen LogP contribution in [0.15, 0.2) is 0 Å². The SMILES string of the molecule is ClC(I)CC(I)I. The van der Waals surface area contributed by atoms with Crippen LogP contribution in [0.5, 0.6) is 0 Å². The molecule has 0 saturated heterocycles. The molecule has 0 aliphatic carbocycles. The summed E-state index contributed by atoms with van der Waals surface area (Å²) < 4.78 is 0.978. The van der Waals surface area contributed by atoms with E-state index in [4.69, 9.17) is 11.6 Å². The first-order valence-corrected chi connectivity index (χ1v) is 5.86. The fourth-order valence-electron chi connectivity index (χ4n) is 0.135. The first kappa shape index (κ1) is 9.48. The third kappa shape index (κ3) is 8.48. The summed E-state index contributed by atoms with van der Waals surface area (Å²) >= 11 is 12.6. The Morgan fingerprint density at radius 2 is 1.71 bits per heavy atom. The first-order valence-electron chi connectivity index (χ1n) is 1.69. The topological polar surface area (TPSA) is 0 Å². The van der Waals surface area contributed by atoms with E-state index >= 15 is 0 Å². The minimum Gasteiger partial charge on any atom is -0.111 e. The molecule has 7 heavy (non-hydrogen) atoms. The van der Waals surface area contributed by atoms with E-state index in [1.54, 1.807) is 0 Å². The molecule has 44 valence electrons. The van der Waals surface area contributed by atoms with Gasteiger partial charge in [0.25, 0.3) is 0 Å². The smallest absolute Gasteiger partial charge is 0.0868 e. The molecule has 0 nitrogen and oxygen atoms in total. The Hall–Kier alpha value is 2.48. The third-order valence-electron chi connectivity index (χ3n) is 0.356. The molecule has 0 amide bonds. The van der Waals surface area contributed by atoms with Gasteiger partial charge in [0.05, 0.1) is 5.32 Å². The van der Waals surface area contributed by atoms with E-state index in [0.717, 1.165) is 6.42 Å². The highest BCUT2D eigenvalue weighted by Gasteiger charge is 2.02. The Balaban J connectivity index is 2.95. The summed E-state index contributed by atoms with van der Waals surface area (Å²) in [6, 6.07) is 0. The van der Waals surface area contributed by atoms with Crippen molar-refractivity contribution in [3.05, 3.63) is 0 Å². The second-order valence-corrected chi connectivity index (χ2v) is 9.18.